The quantitative estimate of drug-likeness (QED) is 0.141. The Kier molecular flexibility index (Phi) is 12.2. The van der Waals surface area contributed by atoms with Crippen molar-refractivity contribution in [3.63, 3.8) is 0 Å². The summed E-state index contributed by atoms with van der Waals surface area (Å²) < 4.78 is 12.8. The minimum Gasteiger partial charge on any atom is -0.455 e. The van der Waals surface area contributed by atoms with E-state index < -0.39 is 53.7 Å². The van der Waals surface area contributed by atoms with Gasteiger partial charge in [0.25, 0.3) is 0 Å². The fraction of sp³-hybridized carbons (Fsp3) is 0.611. The Hall–Kier alpha value is -3.50. The molecule has 0 aromatic heterocycles. The second kappa shape index (κ2) is 15.9. The van der Waals surface area contributed by atoms with Crippen LogP contribution in [-0.4, -0.2) is 88.1 Å². The standard InChI is InChI=1S/C36H51N3O7/c1-6-10-15-22-38(21-8-3)34(43)32-36-20-19-27(46-36)29(30(36)33(42)39(32)26(9-4)23-40)35(44)45-31(25-16-13-12-14-17-25)24(5)37-28(41)18-11-7-2/h7-8,12-14,16-17,24,26-27,29-32,40H,2-3,6,9-11,15,18-23H2,1,4-5H3,(H,37,41)/t24-,26-,27+,29-,30-,31-,32+,36-/m0/s1. The molecule has 1 aromatic carbocycles. The highest BCUT2D eigenvalue weighted by molar-refractivity contribution is 5.98. The second-order valence-corrected chi connectivity index (χ2v) is 12.8. The molecule has 3 heterocycles. The predicted octanol–water partition coefficient (Wildman–Crippen LogP) is 4.09. The van der Waals surface area contributed by atoms with Gasteiger partial charge in [0, 0.05) is 19.5 Å². The summed E-state index contributed by atoms with van der Waals surface area (Å²) in [5, 5.41) is 13.3. The third kappa shape index (κ3) is 6.93. The number of unbranched alkanes of at least 4 members (excludes halogenated alkanes) is 2. The molecule has 10 nitrogen and oxygen atoms in total. The number of nitrogens with one attached hydrogen (secondary N) is 1. The fourth-order valence-corrected chi connectivity index (χ4v) is 7.56. The Morgan fingerprint density at radius 1 is 1.20 bits per heavy atom. The number of aliphatic hydroxyl groups excluding tert-OH is 1. The first-order valence-electron chi connectivity index (χ1n) is 16.8. The lowest BCUT2D eigenvalue weighted by Crippen LogP contribution is -2.58. The number of rotatable bonds is 18. The molecular weight excluding hydrogens is 586 g/mol. The Balaban J connectivity index is 1.67. The van der Waals surface area contributed by atoms with Crippen LogP contribution in [-0.2, 0) is 28.7 Å². The molecule has 2 bridgehead atoms. The molecule has 3 amide bonds. The molecule has 3 fully saturated rings. The first-order chi connectivity index (χ1) is 22.2. The lowest BCUT2D eigenvalue weighted by atomic mass is 9.70. The van der Waals surface area contributed by atoms with Gasteiger partial charge in [-0.1, -0.05) is 69.2 Å². The molecular formula is C36H51N3O7. The van der Waals surface area contributed by atoms with E-state index in [2.05, 4.69) is 25.4 Å². The van der Waals surface area contributed by atoms with Crippen LogP contribution in [0.3, 0.4) is 0 Å². The molecule has 0 saturated carbocycles. The Bertz CT molecular complexity index is 1250. The van der Waals surface area contributed by atoms with Crippen LogP contribution < -0.4 is 5.32 Å². The molecule has 3 aliphatic heterocycles. The van der Waals surface area contributed by atoms with E-state index in [9.17, 15) is 24.3 Å². The van der Waals surface area contributed by atoms with Crippen molar-refractivity contribution in [3.8, 4) is 0 Å². The van der Waals surface area contributed by atoms with Crippen LogP contribution in [0.2, 0.25) is 0 Å². The number of carbonyl (C=O) groups is 4. The number of nitrogens with zero attached hydrogens (tertiary/aromatic N) is 2. The van der Waals surface area contributed by atoms with Crippen LogP contribution in [0, 0.1) is 11.8 Å². The number of ether oxygens (including phenoxy) is 2. The van der Waals surface area contributed by atoms with Crippen molar-refractivity contribution in [1.82, 2.24) is 15.1 Å². The third-order valence-electron chi connectivity index (χ3n) is 9.80. The number of hydrogen-bond acceptors (Lipinski definition) is 7. The lowest BCUT2D eigenvalue weighted by molar-refractivity contribution is -0.162. The number of likely N-dealkylation sites (tertiary alicyclic amines) is 1. The lowest BCUT2D eigenvalue weighted by Gasteiger charge is -2.39. The summed E-state index contributed by atoms with van der Waals surface area (Å²) in [7, 11) is 0. The Labute approximate surface area is 273 Å². The van der Waals surface area contributed by atoms with Crippen molar-refractivity contribution >= 4 is 23.7 Å². The van der Waals surface area contributed by atoms with Gasteiger partial charge in [0.2, 0.25) is 17.7 Å². The molecule has 0 aliphatic carbocycles. The summed E-state index contributed by atoms with van der Waals surface area (Å²) in [6.45, 7) is 13.8. The fourth-order valence-electron chi connectivity index (χ4n) is 7.56. The Morgan fingerprint density at radius 2 is 1.93 bits per heavy atom. The average Bonchev–Trinajstić information content (AvgIpc) is 3.70. The van der Waals surface area contributed by atoms with E-state index in [0.717, 1.165) is 19.3 Å². The van der Waals surface area contributed by atoms with Crippen LogP contribution in [0.4, 0.5) is 0 Å². The summed E-state index contributed by atoms with van der Waals surface area (Å²) in [6, 6.07) is 7.06. The largest absolute Gasteiger partial charge is 0.455 e. The Morgan fingerprint density at radius 3 is 2.57 bits per heavy atom. The van der Waals surface area contributed by atoms with Gasteiger partial charge in [-0.3, -0.25) is 19.2 Å². The van der Waals surface area contributed by atoms with Crippen LogP contribution in [0.25, 0.3) is 0 Å². The van der Waals surface area contributed by atoms with Gasteiger partial charge in [-0.25, -0.2) is 0 Å². The molecule has 3 saturated heterocycles. The van der Waals surface area contributed by atoms with Crippen molar-refractivity contribution in [2.45, 2.75) is 108 Å². The summed E-state index contributed by atoms with van der Waals surface area (Å²) in [6.07, 6.45) is 6.87. The van der Waals surface area contributed by atoms with E-state index in [4.69, 9.17) is 9.47 Å². The molecule has 252 valence electrons. The average molecular weight is 638 g/mol. The van der Waals surface area contributed by atoms with E-state index in [1.165, 1.54) is 4.90 Å². The van der Waals surface area contributed by atoms with Gasteiger partial charge < -0.3 is 29.7 Å². The summed E-state index contributed by atoms with van der Waals surface area (Å²) in [4.78, 5) is 58.9. The first-order valence-corrected chi connectivity index (χ1v) is 16.8. The summed E-state index contributed by atoms with van der Waals surface area (Å²) >= 11 is 0. The monoisotopic (exact) mass is 637 g/mol. The molecule has 1 aromatic rings. The predicted molar refractivity (Wildman–Crippen MR) is 174 cm³/mol. The topological polar surface area (TPSA) is 125 Å². The number of hydrogen-bond donors (Lipinski definition) is 2. The number of amides is 3. The van der Waals surface area contributed by atoms with Crippen LogP contribution in [0.1, 0.15) is 83.8 Å². The van der Waals surface area contributed by atoms with Gasteiger partial charge in [0.1, 0.15) is 17.7 Å². The van der Waals surface area contributed by atoms with Crippen molar-refractivity contribution in [1.29, 1.82) is 0 Å². The van der Waals surface area contributed by atoms with Gasteiger partial charge in [0.15, 0.2) is 0 Å². The van der Waals surface area contributed by atoms with Gasteiger partial charge in [-0.15, -0.1) is 13.2 Å². The van der Waals surface area contributed by atoms with E-state index in [1.54, 1.807) is 24.0 Å². The maximum absolute atomic E-state index is 14.4. The molecule has 0 radical (unpaired) electrons. The number of allylic oxidation sites excluding steroid dienone is 1. The summed E-state index contributed by atoms with van der Waals surface area (Å²) in [5.74, 6) is -3.25. The highest BCUT2D eigenvalue weighted by Crippen LogP contribution is 2.59. The van der Waals surface area contributed by atoms with Crippen LogP contribution in [0.5, 0.6) is 0 Å². The molecule has 3 aliphatic rings. The number of esters is 1. The minimum atomic E-state index is -1.21. The van der Waals surface area contributed by atoms with Crippen molar-refractivity contribution in [2.75, 3.05) is 19.7 Å². The number of carbonyl (C=O) groups excluding carboxylic acids is 4. The maximum atomic E-state index is 14.4. The second-order valence-electron chi connectivity index (χ2n) is 12.8. The normalized spacial score (nSPS) is 26.6. The number of fused-ring (bicyclic) bond motifs is 1. The molecule has 8 atom stereocenters. The zero-order chi connectivity index (χ0) is 33.4. The molecule has 4 rings (SSSR count). The van der Waals surface area contributed by atoms with Gasteiger partial charge in [0.05, 0.1) is 36.6 Å². The van der Waals surface area contributed by atoms with Crippen LogP contribution in [0.15, 0.2) is 55.6 Å². The van der Waals surface area contributed by atoms with Crippen molar-refractivity contribution < 1.29 is 33.8 Å². The highest BCUT2D eigenvalue weighted by atomic mass is 16.6. The minimum absolute atomic E-state index is 0.188. The van der Waals surface area contributed by atoms with Crippen LogP contribution >= 0.6 is 0 Å². The molecule has 46 heavy (non-hydrogen) atoms. The van der Waals surface area contributed by atoms with Crippen molar-refractivity contribution in [3.05, 3.63) is 61.2 Å². The molecule has 0 unspecified atom stereocenters. The summed E-state index contributed by atoms with van der Waals surface area (Å²) in [5.41, 5.74) is -0.501. The smallest absolute Gasteiger partial charge is 0.313 e. The highest BCUT2D eigenvalue weighted by Gasteiger charge is 2.75. The SMILES string of the molecule is C=CCCC(=O)N[C@@H](C)[C@H](OC(=O)[C@@H]1[C@H]2C(=O)N([C@@H](CC)CO)[C@H](C(=O)N(CC=C)CCCCC)[C@]23CC[C@H]1O3)c1ccccc1. The molecule has 10 heteroatoms. The van der Waals surface area contributed by atoms with Crippen molar-refractivity contribution in [2.24, 2.45) is 11.8 Å². The zero-order valence-corrected chi connectivity index (χ0v) is 27.6. The van der Waals surface area contributed by atoms with Gasteiger partial charge >= 0.3 is 5.97 Å². The van der Waals surface area contributed by atoms with Gasteiger partial charge in [-0.2, -0.15) is 0 Å². The van der Waals surface area contributed by atoms with E-state index in [1.807, 2.05) is 37.3 Å². The number of benzene rings is 1. The maximum Gasteiger partial charge on any atom is 0.313 e. The molecule has 2 N–H and O–H groups in total. The molecule has 1 spiro atoms. The number of aliphatic hydroxyl groups is 1. The third-order valence-corrected chi connectivity index (χ3v) is 9.80. The first kappa shape index (κ1) is 35.4. The van der Waals surface area contributed by atoms with Gasteiger partial charge in [-0.05, 0) is 44.6 Å². The van der Waals surface area contributed by atoms with E-state index >= 15 is 0 Å². The van der Waals surface area contributed by atoms with E-state index in [-0.39, 0.29) is 30.7 Å². The van der Waals surface area contributed by atoms with E-state index in [0.29, 0.717) is 44.3 Å². The zero-order valence-electron chi connectivity index (χ0n) is 27.6.